The van der Waals surface area contributed by atoms with Crippen LogP contribution >= 0.6 is 23.2 Å². The van der Waals surface area contributed by atoms with E-state index in [1.54, 1.807) is 0 Å². The van der Waals surface area contributed by atoms with Crippen LogP contribution in [0.1, 0.15) is 11.3 Å². The molecule has 4 heteroatoms. The van der Waals surface area contributed by atoms with Gasteiger partial charge in [-0.05, 0) is 54.6 Å². The van der Waals surface area contributed by atoms with Gasteiger partial charge < -0.3 is 4.57 Å². The summed E-state index contributed by atoms with van der Waals surface area (Å²) in [6.45, 7) is 0. The molecule has 3 aromatic rings. The maximum absolute atomic E-state index is 6.11. The van der Waals surface area contributed by atoms with Crippen molar-refractivity contribution in [2.45, 2.75) is 0 Å². The first kappa shape index (κ1) is 12.7. The average Bonchev–Trinajstić information content (AvgIpc) is 3.05. The molecule has 1 aromatic heterocycles. The standard InChI is InChI=1S/C17H10Cl2N2/c18-11-3-6-13(7-4-11)20-17-14-8-5-12(19)10-16(14)21-9-1-2-15(17)21/h1-10H. The second kappa shape index (κ2) is 4.76. The Morgan fingerprint density at radius 1 is 0.857 bits per heavy atom. The van der Waals surface area contributed by atoms with Crippen molar-refractivity contribution in [3.05, 3.63) is 82.1 Å². The monoisotopic (exact) mass is 312 g/mol. The third-order valence-corrected chi connectivity index (χ3v) is 4.02. The molecule has 0 fully saturated rings. The minimum absolute atomic E-state index is 0.709. The Morgan fingerprint density at radius 2 is 1.62 bits per heavy atom. The van der Waals surface area contributed by atoms with E-state index in [1.807, 2.05) is 54.7 Å². The van der Waals surface area contributed by atoms with Gasteiger partial charge in [-0.3, -0.25) is 0 Å². The zero-order valence-electron chi connectivity index (χ0n) is 10.9. The highest BCUT2D eigenvalue weighted by molar-refractivity contribution is 6.31. The maximum atomic E-state index is 6.11. The Balaban J connectivity index is 1.92. The topological polar surface area (TPSA) is 17.3 Å². The predicted octanol–water partition coefficient (Wildman–Crippen LogP) is 5.27. The predicted molar refractivity (Wildman–Crippen MR) is 87.5 cm³/mol. The summed E-state index contributed by atoms with van der Waals surface area (Å²) in [5.41, 5.74) is 5.06. The van der Waals surface area contributed by atoms with Gasteiger partial charge in [0.2, 0.25) is 0 Å². The Kier molecular flexibility index (Phi) is 2.88. The molecule has 0 aliphatic carbocycles. The molecule has 2 heterocycles. The van der Waals surface area contributed by atoms with E-state index in [0.29, 0.717) is 5.02 Å². The van der Waals surface area contributed by atoms with Crippen LogP contribution in [0.3, 0.4) is 0 Å². The third-order valence-electron chi connectivity index (χ3n) is 3.53. The fourth-order valence-electron chi connectivity index (χ4n) is 2.59. The van der Waals surface area contributed by atoms with Crippen molar-refractivity contribution >= 4 is 34.6 Å². The fourth-order valence-corrected chi connectivity index (χ4v) is 2.88. The van der Waals surface area contributed by atoms with Gasteiger partial charge in [0.1, 0.15) is 0 Å². The Hall–Kier alpha value is -2.03. The molecule has 0 atom stereocenters. The highest BCUT2D eigenvalue weighted by Crippen LogP contribution is 2.32. The largest absolute Gasteiger partial charge is 0.314 e. The average molecular weight is 313 g/mol. The number of fused-ring (bicyclic) bond motifs is 3. The molecule has 0 radical (unpaired) electrons. The van der Waals surface area contributed by atoms with E-state index in [1.165, 1.54) is 0 Å². The first-order chi connectivity index (χ1) is 10.2. The van der Waals surface area contributed by atoms with Crippen LogP contribution in [0, 0.1) is 0 Å². The molecule has 21 heavy (non-hydrogen) atoms. The molecule has 0 unspecified atom stereocenters. The number of hydrogen-bond donors (Lipinski definition) is 0. The first-order valence-corrected chi connectivity index (χ1v) is 7.30. The summed E-state index contributed by atoms with van der Waals surface area (Å²) < 4.78 is 2.11. The lowest BCUT2D eigenvalue weighted by Crippen LogP contribution is -1.97. The van der Waals surface area contributed by atoms with Crippen molar-refractivity contribution in [3.63, 3.8) is 0 Å². The van der Waals surface area contributed by atoms with E-state index in [-0.39, 0.29) is 0 Å². The minimum Gasteiger partial charge on any atom is -0.314 e. The lowest BCUT2D eigenvalue weighted by Gasteiger charge is -2.02. The molecule has 1 aliphatic rings. The Bertz CT molecular complexity index is 861. The van der Waals surface area contributed by atoms with E-state index in [2.05, 4.69) is 10.6 Å². The number of aliphatic imine (C=N–C) groups is 1. The summed E-state index contributed by atoms with van der Waals surface area (Å²) in [7, 11) is 0. The molecule has 1 aliphatic heterocycles. The van der Waals surface area contributed by atoms with Crippen molar-refractivity contribution < 1.29 is 0 Å². The van der Waals surface area contributed by atoms with Crippen LogP contribution in [0.2, 0.25) is 10.0 Å². The zero-order chi connectivity index (χ0) is 14.4. The molecule has 4 rings (SSSR count). The molecular formula is C17H10Cl2N2. The van der Waals surface area contributed by atoms with Crippen LogP contribution in [0.15, 0.2) is 65.8 Å². The molecule has 0 N–H and O–H groups in total. The van der Waals surface area contributed by atoms with Gasteiger partial charge in [0, 0.05) is 21.8 Å². The summed E-state index contributed by atoms with van der Waals surface area (Å²) in [5.74, 6) is 0. The summed E-state index contributed by atoms with van der Waals surface area (Å²) in [6, 6.07) is 17.5. The Morgan fingerprint density at radius 3 is 2.43 bits per heavy atom. The van der Waals surface area contributed by atoms with Crippen molar-refractivity contribution in [1.82, 2.24) is 4.57 Å². The number of aromatic nitrogens is 1. The van der Waals surface area contributed by atoms with E-state index in [4.69, 9.17) is 28.2 Å². The van der Waals surface area contributed by atoms with Crippen molar-refractivity contribution in [2.24, 2.45) is 4.99 Å². The number of rotatable bonds is 1. The number of benzene rings is 2. The second-order valence-electron chi connectivity index (χ2n) is 4.86. The van der Waals surface area contributed by atoms with E-state index in [9.17, 15) is 0 Å². The molecule has 0 spiro atoms. The molecule has 0 bridgehead atoms. The van der Waals surface area contributed by atoms with Crippen LogP contribution in [0.5, 0.6) is 0 Å². The van der Waals surface area contributed by atoms with Crippen LogP contribution < -0.4 is 0 Å². The van der Waals surface area contributed by atoms with Crippen LogP contribution in [0.25, 0.3) is 5.69 Å². The lowest BCUT2D eigenvalue weighted by molar-refractivity contribution is 1.09. The maximum Gasteiger partial charge on any atom is 0.0970 e. The smallest absolute Gasteiger partial charge is 0.0970 e. The molecule has 2 nitrogen and oxygen atoms in total. The van der Waals surface area contributed by atoms with Gasteiger partial charge in [-0.2, -0.15) is 0 Å². The second-order valence-corrected chi connectivity index (χ2v) is 5.73. The van der Waals surface area contributed by atoms with Gasteiger partial charge in [0.05, 0.1) is 22.8 Å². The van der Waals surface area contributed by atoms with Crippen LogP contribution in [0.4, 0.5) is 5.69 Å². The highest BCUT2D eigenvalue weighted by atomic mass is 35.5. The zero-order valence-corrected chi connectivity index (χ0v) is 12.4. The van der Waals surface area contributed by atoms with Crippen LogP contribution in [-0.4, -0.2) is 10.3 Å². The summed E-state index contributed by atoms with van der Waals surface area (Å²) >= 11 is 12.0. The Labute approximate surface area is 132 Å². The molecule has 0 saturated carbocycles. The number of nitrogens with zero attached hydrogens (tertiary/aromatic N) is 2. The van der Waals surface area contributed by atoms with E-state index < -0.39 is 0 Å². The lowest BCUT2D eigenvalue weighted by atomic mass is 10.1. The highest BCUT2D eigenvalue weighted by Gasteiger charge is 2.24. The van der Waals surface area contributed by atoms with E-state index in [0.717, 1.165) is 33.4 Å². The number of hydrogen-bond acceptors (Lipinski definition) is 1. The van der Waals surface area contributed by atoms with Crippen LogP contribution in [-0.2, 0) is 0 Å². The van der Waals surface area contributed by atoms with Crippen molar-refractivity contribution in [3.8, 4) is 5.69 Å². The first-order valence-electron chi connectivity index (χ1n) is 6.55. The minimum atomic E-state index is 0.709. The van der Waals surface area contributed by atoms with E-state index >= 15 is 0 Å². The SMILES string of the molecule is Clc1ccc(N=C2c3ccc(Cl)cc3-n3cccc32)cc1. The quantitative estimate of drug-likeness (QED) is 0.456. The van der Waals surface area contributed by atoms with Gasteiger partial charge in [-0.1, -0.05) is 23.2 Å². The molecule has 0 amide bonds. The van der Waals surface area contributed by atoms with Gasteiger partial charge in [0.25, 0.3) is 0 Å². The molecular weight excluding hydrogens is 303 g/mol. The van der Waals surface area contributed by atoms with Crippen molar-refractivity contribution in [1.29, 1.82) is 0 Å². The molecule has 2 aromatic carbocycles. The molecule has 102 valence electrons. The fraction of sp³-hybridized carbons (Fsp3) is 0. The summed E-state index contributed by atoms with van der Waals surface area (Å²) in [6.07, 6.45) is 2.02. The van der Waals surface area contributed by atoms with Gasteiger partial charge in [-0.15, -0.1) is 0 Å². The summed E-state index contributed by atoms with van der Waals surface area (Å²) in [4.78, 5) is 4.78. The van der Waals surface area contributed by atoms with Gasteiger partial charge >= 0.3 is 0 Å². The summed E-state index contributed by atoms with van der Waals surface area (Å²) in [5, 5.41) is 1.43. The van der Waals surface area contributed by atoms with Gasteiger partial charge in [0.15, 0.2) is 0 Å². The van der Waals surface area contributed by atoms with Crippen molar-refractivity contribution in [2.75, 3.05) is 0 Å². The molecule has 0 saturated heterocycles. The number of halogens is 2. The normalized spacial score (nSPS) is 14.3. The van der Waals surface area contributed by atoms with Gasteiger partial charge in [-0.25, -0.2) is 4.99 Å². The third kappa shape index (κ3) is 2.08.